The molecule has 3 N–H and O–H groups in total. The number of rotatable bonds is 3. The molecular weight excluding hydrogens is 232 g/mol. The van der Waals surface area contributed by atoms with Gasteiger partial charge in [-0.25, -0.2) is 0 Å². The van der Waals surface area contributed by atoms with Crippen LogP contribution >= 0.6 is 11.3 Å². The second-order valence-electron chi connectivity index (χ2n) is 3.72. The number of carboxylic acid groups (broad SMARTS) is 1. The van der Waals surface area contributed by atoms with Gasteiger partial charge in [0.15, 0.2) is 0 Å². The van der Waals surface area contributed by atoms with Crippen LogP contribution in [0.15, 0.2) is 11.0 Å². The lowest BCUT2D eigenvalue weighted by atomic mass is 9.80. The summed E-state index contributed by atoms with van der Waals surface area (Å²) in [6, 6.07) is -0.0918. The van der Waals surface area contributed by atoms with Crippen molar-refractivity contribution in [1.82, 2.24) is 10.3 Å². The Labute approximate surface area is 94.3 Å². The summed E-state index contributed by atoms with van der Waals surface area (Å²) in [5, 5.41) is 11.3. The fourth-order valence-electron chi connectivity index (χ4n) is 1.59. The van der Waals surface area contributed by atoms with Crippen LogP contribution in [0, 0.1) is 5.92 Å². The molecule has 0 saturated heterocycles. The average Bonchev–Trinajstić information content (AvgIpc) is 2.56. The molecule has 6 nitrogen and oxygen atoms in total. The molecule has 1 fully saturated rings. The SMILES string of the molecule is O=C(NC1CC(C(=O)O)C1)c1c[nH]c(=O)s1. The largest absolute Gasteiger partial charge is 0.481 e. The molecule has 0 radical (unpaired) electrons. The van der Waals surface area contributed by atoms with Crippen molar-refractivity contribution in [2.45, 2.75) is 18.9 Å². The lowest BCUT2D eigenvalue weighted by molar-refractivity contribution is -0.145. The lowest BCUT2D eigenvalue weighted by Gasteiger charge is -2.32. The zero-order valence-electron chi connectivity index (χ0n) is 8.23. The number of carboxylic acids is 1. The molecule has 1 aromatic heterocycles. The summed E-state index contributed by atoms with van der Waals surface area (Å²) in [7, 11) is 0. The van der Waals surface area contributed by atoms with E-state index in [-0.39, 0.29) is 22.7 Å². The normalized spacial score (nSPS) is 23.5. The van der Waals surface area contributed by atoms with Crippen LogP contribution in [0.3, 0.4) is 0 Å². The molecular formula is C9H10N2O4S. The van der Waals surface area contributed by atoms with Crippen molar-refractivity contribution in [2.75, 3.05) is 0 Å². The number of thiazole rings is 1. The molecule has 1 aliphatic carbocycles. The van der Waals surface area contributed by atoms with Gasteiger partial charge in [-0.15, -0.1) is 0 Å². The molecule has 16 heavy (non-hydrogen) atoms. The Morgan fingerprint density at radius 3 is 2.69 bits per heavy atom. The summed E-state index contributed by atoms with van der Waals surface area (Å²) in [5.74, 6) is -1.50. The van der Waals surface area contributed by atoms with Gasteiger partial charge in [0.05, 0.1) is 5.92 Å². The minimum atomic E-state index is -0.822. The van der Waals surface area contributed by atoms with Crippen LogP contribution in [-0.2, 0) is 4.79 Å². The minimum absolute atomic E-state index is 0.0918. The Hall–Kier alpha value is -1.63. The number of carbonyl (C=O) groups excluding carboxylic acids is 1. The Morgan fingerprint density at radius 2 is 2.19 bits per heavy atom. The third kappa shape index (κ3) is 2.13. The molecule has 1 aliphatic rings. The first-order valence-electron chi connectivity index (χ1n) is 4.78. The van der Waals surface area contributed by atoms with Crippen LogP contribution < -0.4 is 10.2 Å². The smallest absolute Gasteiger partial charge is 0.306 e. The zero-order chi connectivity index (χ0) is 11.7. The van der Waals surface area contributed by atoms with Crippen molar-refractivity contribution < 1.29 is 14.7 Å². The summed E-state index contributed by atoms with van der Waals surface area (Å²) >= 11 is 0.840. The number of carbonyl (C=O) groups is 2. The highest BCUT2D eigenvalue weighted by Gasteiger charge is 2.35. The number of H-pyrrole nitrogens is 1. The predicted octanol–water partition coefficient (Wildman–Crippen LogP) is 0.0294. The first kappa shape index (κ1) is 10.9. The number of hydrogen-bond donors (Lipinski definition) is 3. The van der Waals surface area contributed by atoms with Gasteiger partial charge in [0.1, 0.15) is 4.88 Å². The second kappa shape index (κ2) is 4.09. The Balaban J connectivity index is 1.86. The zero-order valence-corrected chi connectivity index (χ0v) is 9.04. The number of aromatic nitrogens is 1. The Bertz CT molecular complexity index is 472. The minimum Gasteiger partial charge on any atom is -0.481 e. The van der Waals surface area contributed by atoms with Crippen molar-refractivity contribution in [3.05, 3.63) is 20.7 Å². The Morgan fingerprint density at radius 1 is 1.50 bits per heavy atom. The van der Waals surface area contributed by atoms with E-state index in [2.05, 4.69) is 10.3 Å². The standard InChI is InChI=1S/C9H10N2O4S/c12-7(6-3-10-9(15)16-6)11-5-1-4(2-5)8(13)14/h3-5H,1-2H2,(H,10,15)(H,11,12)(H,13,14). The van der Waals surface area contributed by atoms with E-state index < -0.39 is 5.97 Å². The van der Waals surface area contributed by atoms with Gasteiger partial charge in [0, 0.05) is 12.2 Å². The van der Waals surface area contributed by atoms with Gasteiger partial charge in [0.25, 0.3) is 5.91 Å². The molecule has 0 spiro atoms. The predicted molar refractivity (Wildman–Crippen MR) is 56.6 cm³/mol. The first-order valence-corrected chi connectivity index (χ1v) is 5.60. The summed E-state index contributed by atoms with van der Waals surface area (Å²) in [5.41, 5.74) is 0. The van der Waals surface area contributed by atoms with Gasteiger partial charge in [-0.05, 0) is 12.8 Å². The maximum absolute atomic E-state index is 11.5. The van der Waals surface area contributed by atoms with E-state index in [4.69, 9.17) is 5.11 Å². The van der Waals surface area contributed by atoms with E-state index in [1.807, 2.05) is 0 Å². The quantitative estimate of drug-likeness (QED) is 0.696. The maximum atomic E-state index is 11.5. The first-order chi connectivity index (χ1) is 7.56. The van der Waals surface area contributed by atoms with Crippen LogP contribution in [0.4, 0.5) is 0 Å². The second-order valence-corrected chi connectivity index (χ2v) is 4.73. The van der Waals surface area contributed by atoms with Crippen LogP contribution in [0.1, 0.15) is 22.5 Å². The fourth-order valence-corrected chi connectivity index (χ4v) is 2.18. The third-order valence-corrected chi connectivity index (χ3v) is 3.40. The summed E-state index contributed by atoms with van der Waals surface area (Å²) in [4.78, 5) is 35.3. The van der Waals surface area contributed by atoms with Gasteiger partial charge in [0.2, 0.25) is 0 Å². The number of nitrogens with one attached hydrogen (secondary N) is 2. The molecule has 86 valence electrons. The van der Waals surface area contributed by atoms with E-state index in [0.29, 0.717) is 17.7 Å². The molecule has 7 heteroatoms. The molecule has 0 unspecified atom stereocenters. The van der Waals surface area contributed by atoms with E-state index in [9.17, 15) is 14.4 Å². The summed E-state index contributed by atoms with van der Waals surface area (Å²) in [6.07, 6.45) is 2.27. The van der Waals surface area contributed by atoms with Crippen molar-refractivity contribution in [1.29, 1.82) is 0 Å². The molecule has 1 heterocycles. The molecule has 1 saturated carbocycles. The van der Waals surface area contributed by atoms with Crippen LogP contribution in [0.2, 0.25) is 0 Å². The highest BCUT2D eigenvalue weighted by atomic mass is 32.1. The molecule has 2 rings (SSSR count). The molecule has 0 bridgehead atoms. The molecule has 0 atom stereocenters. The molecule has 1 amide bonds. The average molecular weight is 242 g/mol. The molecule has 1 aromatic rings. The molecule has 0 aromatic carbocycles. The van der Waals surface area contributed by atoms with E-state index in [1.54, 1.807) is 0 Å². The Kier molecular flexibility index (Phi) is 2.78. The van der Waals surface area contributed by atoms with Crippen molar-refractivity contribution in [3.63, 3.8) is 0 Å². The number of amides is 1. The molecule has 0 aliphatic heterocycles. The van der Waals surface area contributed by atoms with Crippen molar-refractivity contribution in [3.8, 4) is 0 Å². The van der Waals surface area contributed by atoms with Crippen LogP contribution in [0.5, 0.6) is 0 Å². The number of hydrogen-bond acceptors (Lipinski definition) is 4. The highest BCUT2D eigenvalue weighted by Crippen LogP contribution is 2.27. The highest BCUT2D eigenvalue weighted by molar-refractivity contribution is 7.11. The fraction of sp³-hybridized carbons (Fsp3) is 0.444. The number of aromatic amines is 1. The monoisotopic (exact) mass is 242 g/mol. The topological polar surface area (TPSA) is 99.3 Å². The van der Waals surface area contributed by atoms with E-state index in [1.165, 1.54) is 6.20 Å². The van der Waals surface area contributed by atoms with Crippen LogP contribution in [-0.4, -0.2) is 28.0 Å². The third-order valence-electron chi connectivity index (χ3n) is 2.57. The van der Waals surface area contributed by atoms with Crippen LogP contribution in [0.25, 0.3) is 0 Å². The van der Waals surface area contributed by atoms with Gasteiger partial charge >= 0.3 is 10.8 Å². The maximum Gasteiger partial charge on any atom is 0.306 e. The van der Waals surface area contributed by atoms with E-state index in [0.717, 1.165) is 11.3 Å². The van der Waals surface area contributed by atoms with Gasteiger partial charge in [-0.3, -0.25) is 14.4 Å². The number of aliphatic carboxylic acids is 1. The van der Waals surface area contributed by atoms with Gasteiger partial charge in [-0.1, -0.05) is 11.3 Å². The van der Waals surface area contributed by atoms with Crippen molar-refractivity contribution >= 4 is 23.2 Å². The summed E-state index contributed by atoms with van der Waals surface area (Å²) < 4.78 is 0. The van der Waals surface area contributed by atoms with Gasteiger partial charge in [-0.2, -0.15) is 0 Å². The lowest BCUT2D eigenvalue weighted by Crippen LogP contribution is -2.46. The summed E-state index contributed by atoms with van der Waals surface area (Å²) in [6.45, 7) is 0. The van der Waals surface area contributed by atoms with Gasteiger partial charge < -0.3 is 15.4 Å². The van der Waals surface area contributed by atoms with E-state index >= 15 is 0 Å². The van der Waals surface area contributed by atoms with Crippen molar-refractivity contribution in [2.24, 2.45) is 5.92 Å².